The van der Waals surface area contributed by atoms with Crippen molar-refractivity contribution in [1.82, 2.24) is 25.8 Å². The first-order valence-corrected chi connectivity index (χ1v) is 4.98. The summed E-state index contributed by atoms with van der Waals surface area (Å²) in [6.07, 6.45) is -4.52. The van der Waals surface area contributed by atoms with E-state index in [1.807, 2.05) is 6.92 Å². The van der Waals surface area contributed by atoms with Gasteiger partial charge in [0.2, 0.25) is 0 Å². The molecule has 0 spiro atoms. The van der Waals surface area contributed by atoms with E-state index >= 15 is 0 Å². The molecule has 1 aliphatic rings. The summed E-state index contributed by atoms with van der Waals surface area (Å²) < 4.78 is 36.6. The third-order valence-electron chi connectivity index (χ3n) is 2.11. The van der Waals surface area contributed by atoms with E-state index in [1.54, 1.807) is 0 Å². The normalized spacial score (nSPS) is 18.9. The van der Waals surface area contributed by atoms with Crippen LogP contribution in [0.3, 0.4) is 0 Å². The first-order chi connectivity index (χ1) is 7.95. The van der Waals surface area contributed by atoms with E-state index in [0.29, 0.717) is 12.5 Å². The van der Waals surface area contributed by atoms with Crippen LogP contribution in [0.2, 0.25) is 0 Å². The second kappa shape index (κ2) is 5.71. The molecule has 0 amide bonds. The average molecular weight is 376 g/mol. The van der Waals surface area contributed by atoms with Gasteiger partial charge in [-0.1, -0.05) is 0 Å². The largest absolute Gasteiger partial charge is 0.453 e. The number of guanidine groups is 1. The smallest absolute Gasteiger partial charge is 0.352 e. The molecule has 102 valence electrons. The van der Waals surface area contributed by atoms with Gasteiger partial charge >= 0.3 is 6.18 Å². The molecule has 0 radical (unpaired) electrons. The lowest BCUT2D eigenvalue weighted by molar-refractivity contribution is -0.144. The topological polar surface area (TPSA) is 78.0 Å². The Morgan fingerprint density at radius 3 is 2.67 bits per heavy atom. The van der Waals surface area contributed by atoms with Gasteiger partial charge in [-0.05, 0) is 6.92 Å². The molecule has 1 aromatic heterocycles. The molecular weight excluding hydrogens is 364 g/mol. The number of nitrogens with one attached hydrogen (secondary N) is 3. The minimum atomic E-state index is -4.52. The van der Waals surface area contributed by atoms with Gasteiger partial charge in [-0.15, -0.1) is 29.1 Å². The van der Waals surface area contributed by atoms with Crippen molar-refractivity contribution in [3.8, 4) is 0 Å². The van der Waals surface area contributed by atoms with Crippen molar-refractivity contribution in [2.45, 2.75) is 25.7 Å². The molecule has 1 atom stereocenters. The molecule has 18 heavy (non-hydrogen) atoms. The molecule has 0 aromatic carbocycles. The van der Waals surface area contributed by atoms with E-state index in [2.05, 4.69) is 30.8 Å². The molecule has 1 unspecified atom stereocenters. The number of aliphatic imine (C=N–C) groups is 1. The molecule has 2 heterocycles. The molecule has 6 nitrogen and oxygen atoms in total. The molecule has 0 bridgehead atoms. The third-order valence-corrected chi connectivity index (χ3v) is 2.11. The maximum absolute atomic E-state index is 12.2. The summed E-state index contributed by atoms with van der Waals surface area (Å²) in [4.78, 5) is 7.42. The number of aromatic nitrogens is 3. The van der Waals surface area contributed by atoms with Crippen LogP contribution in [-0.4, -0.2) is 33.7 Å². The molecule has 0 aliphatic carbocycles. The Balaban J connectivity index is 0.00000162. The van der Waals surface area contributed by atoms with Crippen LogP contribution >= 0.6 is 24.0 Å². The average Bonchev–Trinajstić information content (AvgIpc) is 2.82. The van der Waals surface area contributed by atoms with Crippen LogP contribution in [0, 0.1) is 0 Å². The SMILES string of the molecule is CC1CN=C(NCc2nc(C(F)(F)F)n[nH]2)N1.I. The highest BCUT2D eigenvalue weighted by Gasteiger charge is 2.35. The number of hydrogen-bond donors (Lipinski definition) is 3. The fourth-order valence-corrected chi connectivity index (χ4v) is 1.33. The number of H-pyrrole nitrogens is 1. The monoisotopic (exact) mass is 376 g/mol. The maximum atomic E-state index is 12.2. The standard InChI is InChI=1S/C8H11F3N6.HI/c1-4-2-12-7(14-4)13-3-5-15-6(17-16-5)8(9,10)11;/h4H,2-3H2,1H3,(H2,12,13,14)(H,15,16,17);1H. The Morgan fingerprint density at radius 2 is 2.17 bits per heavy atom. The molecule has 0 saturated heterocycles. The summed E-state index contributed by atoms with van der Waals surface area (Å²) in [7, 11) is 0. The van der Waals surface area contributed by atoms with E-state index < -0.39 is 12.0 Å². The van der Waals surface area contributed by atoms with Crippen LogP contribution in [0.5, 0.6) is 0 Å². The minimum Gasteiger partial charge on any atom is -0.352 e. The summed E-state index contributed by atoms with van der Waals surface area (Å²) >= 11 is 0. The van der Waals surface area contributed by atoms with E-state index in [4.69, 9.17) is 0 Å². The van der Waals surface area contributed by atoms with Crippen LogP contribution in [0.4, 0.5) is 13.2 Å². The van der Waals surface area contributed by atoms with Gasteiger partial charge in [0.15, 0.2) is 5.96 Å². The number of alkyl halides is 3. The van der Waals surface area contributed by atoms with Crippen LogP contribution in [0.15, 0.2) is 4.99 Å². The van der Waals surface area contributed by atoms with E-state index in [-0.39, 0.29) is 42.4 Å². The highest BCUT2D eigenvalue weighted by molar-refractivity contribution is 14.0. The Hall–Kier alpha value is -1.07. The van der Waals surface area contributed by atoms with Gasteiger partial charge in [0.05, 0.1) is 13.1 Å². The van der Waals surface area contributed by atoms with Gasteiger partial charge in [0.1, 0.15) is 5.82 Å². The Kier molecular flexibility index (Phi) is 4.76. The zero-order chi connectivity index (χ0) is 12.5. The molecular formula is C8H12F3IN6. The van der Waals surface area contributed by atoms with Gasteiger partial charge in [-0.25, -0.2) is 4.98 Å². The second-order valence-electron chi connectivity index (χ2n) is 3.69. The van der Waals surface area contributed by atoms with Gasteiger partial charge in [-0.2, -0.15) is 13.2 Å². The van der Waals surface area contributed by atoms with E-state index in [1.165, 1.54) is 0 Å². The van der Waals surface area contributed by atoms with Crippen molar-refractivity contribution < 1.29 is 13.2 Å². The zero-order valence-corrected chi connectivity index (χ0v) is 11.7. The fourth-order valence-electron chi connectivity index (χ4n) is 1.33. The predicted molar refractivity (Wildman–Crippen MR) is 68.5 cm³/mol. The molecule has 2 rings (SSSR count). The van der Waals surface area contributed by atoms with E-state index in [0.717, 1.165) is 0 Å². The highest BCUT2D eigenvalue weighted by Crippen LogP contribution is 2.25. The van der Waals surface area contributed by atoms with Gasteiger partial charge in [-0.3, -0.25) is 10.1 Å². The predicted octanol–water partition coefficient (Wildman–Crippen LogP) is 0.879. The molecule has 3 N–H and O–H groups in total. The quantitative estimate of drug-likeness (QED) is 0.670. The number of hydrogen-bond acceptors (Lipinski definition) is 5. The molecule has 10 heteroatoms. The van der Waals surface area contributed by atoms with Crippen molar-refractivity contribution in [2.75, 3.05) is 6.54 Å². The summed E-state index contributed by atoms with van der Waals surface area (Å²) in [6, 6.07) is 0.234. The van der Waals surface area contributed by atoms with Crippen molar-refractivity contribution in [1.29, 1.82) is 0 Å². The van der Waals surface area contributed by atoms with Crippen molar-refractivity contribution >= 4 is 29.9 Å². The number of aromatic amines is 1. The fraction of sp³-hybridized carbons (Fsp3) is 0.625. The third kappa shape index (κ3) is 3.71. The molecule has 1 aliphatic heterocycles. The lowest BCUT2D eigenvalue weighted by Crippen LogP contribution is -2.37. The summed E-state index contributed by atoms with van der Waals surface area (Å²) in [5.41, 5.74) is 0. The second-order valence-corrected chi connectivity index (χ2v) is 3.69. The van der Waals surface area contributed by atoms with Crippen LogP contribution in [0.1, 0.15) is 18.6 Å². The lowest BCUT2D eigenvalue weighted by Gasteiger charge is -2.06. The first kappa shape index (κ1) is 15.0. The van der Waals surface area contributed by atoms with Gasteiger partial charge in [0.25, 0.3) is 5.82 Å². The van der Waals surface area contributed by atoms with Crippen LogP contribution < -0.4 is 10.6 Å². The molecule has 0 fully saturated rings. The Morgan fingerprint density at radius 1 is 1.44 bits per heavy atom. The summed E-state index contributed by atoms with van der Waals surface area (Å²) in [6.45, 7) is 2.71. The van der Waals surface area contributed by atoms with Crippen LogP contribution in [-0.2, 0) is 12.7 Å². The lowest BCUT2D eigenvalue weighted by atomic mass is 10.4. The van der Waals surface area contributed by atoms with Crippen molar-refractivity contribution in [3.05, 3.63) is 11.6 Å². The van der Waals surface area contributed by atoms with Crippen molar-refractivity contribution in [2.24, 2.45) is 4.99 Å². The Labute approximate surface area is 118 Å². The number of rotatable bonds is 2. The van der Waals surface area contributed by atoms with Crippen molar-refractivity contribution in [3.63, 3.8) is 0 Å². The molecule has 1 aromatic rings. The molecule has 0 saturated carbocycles. The van der Waals surface area contributed by atoms with Crippen LogP contribution in [0.25, 0.3) is 0 Å². The first-order valence-electron chi connectivity index (χ1n) is 4.98. The number of nitrogens with zero attached hydrogens (tertiary/aromatic N) is 3. The minimum absolute atomic E-state index is 0. The number of halogens is 4. The summed E-state index contributed by atoms with van der Waals surface area (Å²) in [5, 5.41) is 11.2. The Bertz CT molecular complexity index is 429. The van der Waals surface area contributed by atoms with Gasteiger partial charge in [0, 0.05) is 6.04 Å². The highest BCUT2D eigenvalue weighted by atomic mass is 127. The van der Waals surface area contributed by atoms with E-state index in [9.17, 15) is 13.2 Å². The maximum Gasteiger partial charge on any atom is 0.453 e. The summed E-state index contributed by atoms with van der Waals surface area (Å²) in [5.74, 6) is -0.493. The zero-order valence-electron chi connectivity index (χ0n) is 9.38. The van der Waals surface area contributed by atoms with Gasteiger partial charge < -0.3 is 10.6 Å².